The molecule has 0 aliphatic carbocycles. The molecule has 0 atom stereocenters. The molecule has 0 aromatic heterocycles. The molecule has 2 nitrogen and oxygen atoms in total. The fourth-order valence-corrected chi connectivity index (χ4v) is 2.02. The van der Waals surface area contributed by atoms with E-state index in [4.69, 9.17) is 5.26 Å². The summed E-state index contributed by atoms with van der Waals surface area (Å²) in [6.07, 6.45) is 0. The van der Waals surface area contributed by atoms with Gasteiger partial charge in [0, 0.05) is 12.2 Å². The van der Waals surface area contributed by atoms with Crippen LogP contribution >= 0.6 is 0 Å². The average Bonchev–Trinajstić information content (AvgIpc) is 2.38. The molecule has 2 aromatic rings. The van der Waals surface area contributed by atoms with Crippen LogP contribution in [0.2, 0.25) is 0 Å². The molecule has 2 heteroatoms. The van der Waals surface area contributed by atoms with Crippen molar-refractivity contribution in [2.45, 2.75) is 20.4 Å². The van der Waals surface area contributed by atoms with Gasteiger partial charge in [-0.15, -0.1) is 0 Å². The molecule has 0 saturated carbocycles. The molecule has 0 bridgehead atoms. The third-order valence-electron chi connectivity index (χ3n) is 3.11. The lowest BCUT2D eigenvalue weighted by Gasteiger charge is -2.12. The molecule has 18 heavy (non-hydrogen) atoms. The Morgan fingerprint density at radius 1 is 1.06 bits per heavy atom. The lowest BCUT2D eigenvalue weighted by atomic mass is 10.0. The standard InChI is InChI=1S/C16H16N2/c1-12-5-3-6-13(2)16(12)11-18-15-8-4-7-14(9-15)10-17/h3-9,18H,11H2,1-2H3. The van der Waals surface area contributed by atoms with Crippen LogP contribution in [0.1, 0.15) is 22.3 Å². The van der Waals surface area contributed by atoms with Gasteiger partial charge in [0.1, 0.15) is 0 Å². The van der Waals surface area contributed by atoms with Crippen molar-refractivity contribution >= 4 is 5.69 Å². The number of rotatable bonds is 3. The Hall–Kier alpha value is -2.27. The molecule has 2 aromatic carbocycles. The Bertz CT molecular complexity index is 574. The van der Waals surface area contributed by atoms with Crippen LogP contribution in [0.4, 0.5) is 5.69 Å². The number of aryl methyl sites for hydroxylation is 2. The third kappa shape index (κ3) is 2.70. The summed E-state index contributed by atoms with van der Waals surface area (Å²) in [4.78, 5) is 0. The second-order valence-corrected chi connectivity index (χ2v) is 4.42. The van der Waals surface area contributed by atoms with Crippen LogP contribution in [-0.2, 0) is 6.54 Å². The van der Waals surface area contributed by atoms with Gasteiger partial charge >= 0.3 is 0 Å². The molecule has 0 unspecified atom stereocenters. The minimum atomic E-state index is 0.682. The minimum Gasteiger partial charge on any atom is -0.381 e. The summed E-state index contributed by atoms with van der Waals surface area (Å²) in [5.41, 5.74) is 5.57. The second-order valence-electron chi connectivity index (χ2n) is 4.42. The van der Waals surface area contributed by atoms with Crippen molar-refractivity contribution in [3.63, 3.8) is 0 Å². The summed E-state index contributed by atoms with van der Waals surface area (Å²) in [7, 11) is 0. The van der Waals surface area contributed by atoms with Gasteiger partial charge in [0.05, 0.1) is 11.6 Å². The Kier molecular flexibility index (Phi) is 3.64. The second kappa shape index (κ2) is 5.37. The van der Waals surface area contributed by atoms with Gasteiger partial charge in [-0.1, -0.05) is 24.3 Å². The smallest absolute Gasteiger partial charge is 0.0992 e. The van der Waals surface area contributed by atoms with E-state index in [2.05, 4.69) is 43.4 Å². The maximum absolute atomic E-state index is 8.86. The molecule has 2 rings (SSSR count). The van der Waals surface area contributed by atoms with Crippen molar-refractivity contribution in [3.8, 4) is 6.07 Å². The first-order valence-electron chi connectivity index (χ1n) is 6.00. The van der Waals surface area contributed by atoms with Crippen LogP contribution < -0.4 is 5.32 Å². The highest BCUT2D eigenvalue weighted by molar-refractivity contribution is 5.50. The van der Waals surface area contributed by atoms with Crippen molar-refractivity contribution < 1.29 is 0 Å². The first-order chi connectivity index (χ1) is 8.70. The summed E-state index contributed by atoms with van der Waals surface area (Å²) in [6, 6.07) is 16.0. The Labute approximate surface area is 108 Å². The van der Waals surface area contributed by atoms with Crippen molar-refractivity contribution in [3.05, 3.63) is 64.7 Å². The van der Waals surface area contributed by atoms with E-state index in [-0.39, 0.29) is 0 Å². The van der Waals surface area contributed by atoms with Crippen molar-refractivity contribution in [1.29, 1.82) is 5.26 Å². The average molecular weight is 236 g/mol. The third-order valence-corrected chi connectivity index (χ3v) is 3.11. The van der Waals surface area contributed by atoms with E-state index in [0.29, 0.717) is 5.56 Å². The largest absolute Gasteiger partial charge is 0.381 e. The van der Waals surface area contributed by atoms with Crippen molar-refractivity contribution in [2.24, 2.45) is 0 Å². The van der Waals surface area contributed by atoms with E-state index < -0.39 is 0 Å². The van der Waals surface area contributed by atoms with Crippen molar-refractivity contribution in [2.75, 3.05) is 5.32 Å². The highest BCUT2D eigenvalue weighted by Crippen LogP contribution is 2.16. The molecular formula is C16H16N2. The zero-order chi connectivity index (χ0) is 13.0. The van der Waals surface area contributed by atoms with E-state index in [1.807, 2.05) is 24.3 Å². The minimum absolute atomic E-state index is 0.682. The predicted molar refractivity (Wildman–Crippen MR) is 74.4 cm³/mol. The van der Waals surface area contributed by atoms with Gasteiger partial charge in [-0.05, 0) is 48.7 Å². The number of anilines is 1. The molecule has 0 aliphatic heterocycles. The quantitative estimate of drug-likeness (QED) is 0.880. The number of nitrogens with one attached hydrogen (secondary N) is 1. The first kappa shape index (κ1) is 12.2. The van der Waals surface area contributed by atoms with Gasteiger partial charge in [-0.25, -0.2) is 0 Å². The number of hydrogen-bond acceptors (Lipinski definition) is 2. The maximum Gasteiger partial charge on any atom is 0.0992 e. The number of nitrogens with zero attached hydrogens (tertiary/aromatic N) is 1. The Morgan fingerprint density at radius 3 is 2.39 bits per heavy atom. The van der Waals surface area contributed by atoms with E-state index in [1.54, 1.807) is 0 Å². The number of benzene rings is 2. The highest BCUT2D eigenvalue weighted by atomic mass is 14.9. The van der Waals surface area contributed by atoms with Crippen LogP contribution in [0.5, 0.6) is 0 Å². The van der Waals surface area contributed by atoms with Gasteiger partial charge in [0.2, 0.25) is 0 Å². The van der Waals surface area contributed by atoms with Gasteiger partial charge in [-0.2, -0.15) is 5.26 Å². The van der Waals surface area contributed by atoms with Gasteiger partial charge < -0.3 is 5.32 Å². The van der Waals surface area contributed by atoms with E-state index in [0.717, 1.165) is 12.2 Å². The lowest BCUT2D eigenvalue weighted by molar-refractivity contribution is 1.09. The molecule has 0 fully saturated rings. The molecule has 0 aliphatic rings. The van der Waals surface area contributed by atoms with Crippen LogP contribution in [0, 0.1) is 25.2 Å². The number of nitriles is 1. The highest BCUT2D eigenvalue weighted by Gasteiger charge is 2.02. The van der Waals surface area contributed by atoms with Crippen LogP contribution in [0.15, 0.2) is 42.5 Å². The Morgan fingerprint density at radius 2 is 1.72 bits per heavy atom. The zero-order valence-corrected chi connectivity index (χ0v) is 10.7. The summed E-state index contributed by atoms with van der Waals surface area (Å²) in [6.45, 7) is 5.03. The van der Waals surface area contributed by atoms with Gasteiger partial charge in [-0.3, -0.25) is 0 Å². The fourth-order valence-electron chi connectivity index (χ4n) is 2.02. The van der Waals surface area contributed by atoms with E-state index >= 15 is 0 Å². The Balaban J connectivity index is 2.14. The molecule has 0 saturated heterocycles. The van der Waals surface area contributed by atoms with Crippen LogP contribution in [-0.4, -0.2) is 0 Å². The summed E-state index contributed by atoms with van der Waals surface area (Å²) < 4.78 is 0. The maximum atomic E-state index is 8.86. The zero-order valence-electron chi connectivity index (χ0n) is 10.7. The van der Waals surface area contributed by atoms with Crippen LogP contribution in [0.3, 0.4) is 0 Å². The molecule has 1 N–H and O–H groups in total. The topological polar surface area (TPSA) is 35.8 Å². The van der Waals surface area contributed by atoms with E-state index in [9.17, 15) is 0 Å². The van der Waals surface area contributed by atoms with Crippen molar-refractivity contribution in [1.82, 2.24) is 0 Å². The molecule has 0 heterocycles. The molecule has 0 radical (unpaired) electrons. The number of hydrogen-bond donors (Lipinski definition) is 1. The normalized spacial score (nSPS) is 9.83. The van der Waals surface area contributed by atoms with Gasteiger partial charge in [0.15, 0.2) is 0 Å². The van der Waals surface area contributed by atoms with Crippen LogP contribution in [0.25, 0.3) is 0 Å². The summed E-state index contributed by atoms with van der Waals surface area (Å²) >= 11 is 0. The molecule has 90 valence electrons. The first-order valence-corrected chi connectivity index (χ1v) is 6.00. The summed E-state index contributed by atoms with van der Waals surface area (Å²) in [5, 5.41) is 12.2. The molecule has 0 spiro atoms. The monoisotopic (exact) mass is 236 g/mol. The SMILES string of the molecule is Cc1cccc(C)c1CNc1cccc(C#N)c1. The molecular weight excluding hydrogens is 220 g/mol. The molecule has 0 amide bonds. The summed E-state index contributed by atoms with van der Waals surface area (Å²) in [5.74, 6) is 0. The predicted octanol–water partition coefficient (Wildman–Crippen LogP) is 3.79. The fraction of sp³-hybridized carbons (Fsp3) is 0.188. The van der Waals surface area contributed by atoms with Gasteiger partial charge in [0.25, 0.3) is 0 Å². The van der Waals surface area contributed by atoms with E-state index in [1.165, 1.54) is 16.7 Å². The lowest BCUT2D eigenvalue weighted by Crippen LogP contribution is -2.03.